The number of rotatable bonds is 8. The maximum absolute atomic E-state index is 10.5. The van der Waals surface area contributed by atoms with Gasteiger partial charge in [-0.15, -0.1) is 0 Å². The Hall–Kier alpha value is -2.76. The lowest BCUT2D eigenvalue weighted by molar-refractivity contribution is 0.106. The molecule has 0 atom stereocenters. The van der Waals surface area contributed by atoms with Gasteiger partial charge in [0.1, 0.15) is 11.5 Å². The van der Waals surface area contributed by atoms with Crippen LogP contribution in [-0.2, 0) is 17.8 Å². The van der Waals surface area contributed by atoms with E-state index >= 15 is 0 Å². The monoisotopic (exact) mass is 432 g/mol. The fraction of sp³-hybridized carbons (Fsp3) is 0.407. The highest BCUT2D eigenvalue weighted by Crippen LogP contribution is 2.42. The lowest BCUT2D eigenvalue weighted by atomic mass is 9.98. The summed E-state index contributed by atoms with van der Waals surface area (Å²) in [5.41, 5.74) is 7.63. The highest BCUT2D eigenvalue weighted by molar-refractivity contribution is 5.98. The van der Waals surface area contributed by atoms with Gasteiger partial charge >= 0.3 is 0 Å². The number of phenols is 1. The van der Waals surface area contributed by atoms with Gasteiger partial charge in [-0.25, -0.2) is 0 Å². The number of hydrogen-bond donors (Lipinski definition) is 2. The van der Waals surface area contributed by atoms with Crippen LogP contribution in [0.1, 0.15) is 43.7 Å². The zero-order valence-corrected chi connectivity index (χ0v) is 18.8. The molecule has 0 aliphatic carbocycles. The number of nitrogens with zero attached hydrogens (tertiary/aromatic N) is 2. The minimum Gasteiger partial charge on any atom is -0.508 e. The van der Waals surface area contributed by atoms with Gasteiger partial charge in [-0.3, -0.25) is 0 Å². The second-order valence-corrected chi connectivity index (χ2v) is 8.91. The van der Waals surface area contributed by atoms with Crippen molar-refractivity contribution in [3.05, 3.63) is 53.6 Å². The van der Waals surface area contributed by atoms with E-state index in [1.54, 1.807) is 18.2 Å². The fourth-order valence-corrected chi connectivity index (χ4v) is 5.26. The maximum Gasteiger partial charge on any atom is 0.139 e. The van der Waals surface area contributed by atoms with Crippen LogP contribution in [0.25, 0.3) is 27.7 Å². The Labute approximate surface area is 189 Å². The second kappa shape index (κ2) is 9.00. The van der Waals surface area contributed by atoms with Crippen LogP contribution < -0.4 is 0 Å². The van der Waals surface area contributed by atoms with E-state index in [1.807, 2.05) is 18.2 Å². The number of aromatic nitrogens is 1. The zero-order chi connectivity index (χ0) is 22.1. The van der Waals surface area contributed by atoms with Crippen molar-refractivity contribution in [1.82, 2.24) is 9.30 Å². The van der Waals surface area contributed by atoms with E-state index in [0.29, 0.717) is 6.61 Å². The highest BCUT2D eigenvalue weighted by atomic mass is 16.5. The van der Waals surface area contributed by atoms with E-state index in [-0.39, 0.29) is 11.5 Å². The predicted molar refractivity (Wildman–Crippen MR) is 129 cm³/mol. The summed E-state index contributed by atoms with van der Waals surface area (Å²) in [7, 11) is 0. The number of hydrogen-bond acceptors (Lipinski definition) is 4. The van der Waals surface area contributed by atoms with Gasteiger partial charge in [0.15, 0.2) is 0 Å². The first-order chi connectivity index (χ1) is 15.7. The van der Waals surface area contributed by atoms with E-state index in [2.05, 4.69) is 22.3 Å². The quantitative estimate of drug-likeness (QED) is 0.358. The van der Waals surface area contributed by atoms with Crippen LogP contribution in [0.3, 0.4) is 0 Å². The molecule has 0 bridgehead atoms. The predicted octanol–water partition coefficient (Wildman–Crippen LogP) is 5.56. The first kappa shape index (κ1) is 21.1. The lowest BCUT2D eigenvalue weighted by Gasteiger charge is -2.26. The molecule has 1 fully saturated rings. The number of piperidine rings is 1. The van der Waals surface area contributed by atoms with Gasteiger partial charge in [-0.1, -0.05) is 25.5 Å². The number of ether oxygens (including phenoxy) is 1. The molecule has 168 valence electrons. The van der Waals surface area contributed by atoms with Gasteiger partial charge in [0.2, 0.25) is 0 Å². The molecule has 3 aromatic heterocycles. The van der Waals surface area contributed by atoms with Gasteiger partial charge in [0, 0.05) is 24.3 Å². The molecule has 32 heavy (non-hydrogen) atoms. The van der Waals surface area contributed by atoms with Gasteiger partial charge < -0.3 is 24.3 Å². The number of aryl methyl sites for hydroxylation is 1. The summed E-state index contributed by atoms with van der Waals surface area (Å²) in [5, 5.41) is 20.3. The van der Waals surface area contributed by atoms with Gasteiger partial charge in [0.05, 0.1) is 23.2 Å². The Morgan fingerprint density at radius 1 is 0.938 bits per heavy atom. The molecule has 4 heterocycles. The molecule has 1 aliphatic heterocycles. The van der Waals surface area contributed by atoms with Gasteiger partial charge in [0.25, 0.3) is 0 Å². The molecule has 0 spiro atoms. The Balaban J connectivity index is 1.45. The number of likely N-dealkylation sites (tertiary alicyclic amines) is 1. The van der Waals surface area contributed by atoms with Crippen LogP contribution in [0, 0.1) is 0 Å². The third-order valence-electron chi connectivity index (χ3n) is 6.81. The van der Waals surface area contributed by atoms with Crippen LogP contribution in [0.5, 0.6) is 11.5 Å². The molecule has 2 N–H and O–H groups in total. The molecule has 0 saturated carbocycles. The Bertz CT molecular complexity index is 1190. The summed E-state index contributed by atoms with van der Waals surface area (Å²) in [4.78, 5) is 2.54. The van der Waals surface area contributed by atoms with E-state index < -0.39 is 0 Å². The highest BCUT2D eigenvalue weighted by Gasteiger charge is 2.23. The second-order valence-electron chi connectivity index (χ2n) is 8.91. The molecule has 0 unspecified atom stereocenters. The number of aromatic hydroxyl groups is 2. The summed E-state index contributed by atoms with van der Waals surface area (Å²) < 4.78 is 8.30. The molecule has 5 rings (SSSR count). The molecule has 5 nitrogen and oxygen atoms in total. The number of phenolic OH excluding ortho intramolecular Hbond substituents is 1. The average Bonchev–Trinajstić information content (AvgIpc) is 3.35. The van der Waals surface area contributed by atoms with Crippen molar-refractivity contribution in [2.75, 3.05) is 26.2 Å². The van der Waals surface area contributed by atoms with Crippen molar-refractivity contribution < 1.29 is 14.9 Å². The first-order valence-electron chi connectivity index (χ1n) is 11.9. The van der Waals surface area contributed by atoms with Crippen molar-refractivity contribution in [2.45, 2.75) is 45.6 Å². The van der Waals surface area contributed by atoms with Crippen LogP contribution >= 0.6 is 0 Å². The third-order valence-corrected chi connectivity index (χ3v) is 6.81. The van der Waals surface area contributed by atoms with Crippen LogP contribution in [0.2, 0.25) is 0 Å². The van der Waals surface area contributed by atoms with Crippen LogP contribution in [-0.4, -0.2) is 45.8 Å². The van der Waals surface area contributed by atoms with E-state index in [4.69, 9.17) is 4.74 Å². The van der Waals surface area contributed by atoms with Crippen molar-refractivity contribution in [1.29, 1.82) is 0 Å². The molecule has 0 amide bonds. The fourth-order valence-electron chi connectivity index (χ4n) is 5.26. The van der Waals surface area contributed by atoms with Crippen molar-refractivity contribution in [3.8, 4) is 22.6 Å². The molecule has 1 aliphatic rings. The normalized spacial score (nSPS) is 15.3. The van der Waals surface area contributed by atoms with E-state index in [1.165, 1.54) is 43.5 Å². The first-order valence-corrected chi connectivity index (χ1v) is 11.9. The van der Waals surface area contributed by atoms with Crippen molar-refractivity contribution >= 4 is 16.6 Å². The van der Waals surface area contributed by atoms with Crippen molar-refractivity contribution in [3.63, 3.8) is 0 Å². The van der Waals surface area contributed by atoms with Gasteiger partial charge in [-0.2, -0.15) is 0 Å². The molecule has 0 radical (unpaired) electrons. The summed E-state index contributed by atoms with van der Waals surface area (Å²) >= 11 is 0. The van der Waals surface area contributed by atoms with Crippen LogP contribution in [0.4, 0.5) is 0 Å². The average molecular weight is 433 g/mol. The standard InChI is InChI=1S/C27H32N2O3/c1-2-22-23-11-12-25(31)24-17-20(18-32-16-6-15-28-13-4-3-5-14-28)27(29(23)24)26(22)19-7-9-21(30)10-8-19/h7-12,17,30-31H,2-6,13-16,18H2,1H3. The Morgan fingerprint density at radius 3 is 2.47 bits per heavy atom. The zero-order valence-electron chi connectivity index (χ0n) is 18.8. The lowest BCUT2D eigenvalue weighted by Crippen LogP contribution is -2.31. The largest absolute Gasteiger partial charge is 0.508 e. The Morgan fingerprint density at radius 2 is 1.72 bits per heavy atom. The summed E-state index contributed by atoms with van der Waals surface area (Å²) in [6.45, 7) is 6.97. The SMILES string of the molecule is CCc1c(-c2ccc(O)cc2)c2c(COCCCN3CCCCC3)cc3c(O)ccc1n32. The topological polar surface area (TPSA) is 57.3 Å². The summed E-state index contributed by atoms with van der Waals surface area (Å²) in [5.74, 6) is 0.548. The molecular formula is C27H32N2O3. The van der Waals surface area contributed by atoms with E-state index in [0.717, 1.165) is 53.7 Å². The molecule has 1 saturated heterocycles. The summed E-state index contributed by atoms with van der Waals surface area (Å²) in [6, 6.07) is 13.2. The minimum absolute atomic E-state index is 0.262. The maximum atomic E-state index is 10.5. The van der Waals surface area contributed by atoms with Crippen LogP contribution in [0.15, 0.2) is 42.5 Å². The minimum atomic E-state index is 0.262. The number of pyridine rings is 1. The van der Waals surface area contributed by atoms with Gasteiger partial charge in [-0.05, 0) is 80.2 Å². The molecule has 4 aromatic rings. The van der Waals surface area contributed by atoms with Crippen molar-refractivity contribution in [2.24, 2.45) is 0 Å². The third kappa shape index (κ3) is 3.80. The molecule has 5 heteroatoms. The Kier molecular flexibility index (Phi) is 5.94. The molecular weight excluding hydrogens is 400 g/mol. The number of benzene rings is 1. The summed E-state index contributed by atoms with van der Waals surface area (Å²) in [6.07, 6.45) is 5.93. The molecule has 1 aromatic carbocycles. The smallest absolute Gasteiger partial charge is 0.139 e. The van der Waals surface area contributed by atoms with E-state index in [9.17, 15) is 10.2 Å².